The molecule has 1 amide bonds. The average molecular weight is 702 g/mol. The van der Waals surface area contributed by atoms with Crippen molar-refractivity contribution in [1.29, 1.82) is 0 Å². The molecule has 1 atom stereocenters. The van der Waals surface area contributed by atoms with Crippen molar-refractivity contribution in [2.45, 2.75) is 40.8 Å². The molecule has 1 unspecified atom stereocenters. The Hall–Kier alpha value is -1.07. The predicted molar refractivity (Wildman–Crippen MR) is 114 cm³/mol. The molecule has 1 N–H and O–H groups in total. The molecule has 1 aliphatic heterocycles. The van der Waals surface area contributed by atoms with Crippen molar-refractivity contribution in [1.82, 2.24) is 4.90 Å². The highest BCUT2D eigenvalue weighted by Gasteiger charge is 2.73. The lowest BCUT2D eigenvalue weighted by molar-refractivity contribution is -0.269. The van der Waals surface area contributed by atoms with E-state index in [1.54, 1.807) is 0 Å². The smallest absolute Gasteiger partial charge is 0.347 e. The molecule has 0 spiro atoms. The van der Waals surface area contributed by atoms with Gasteiger partial charge in [-0.25, -0.2) is 4.99 Å². The Morgan fingerprint density at radius 3 is 2.03 bits per heavy atom. The lowest BCUT2D eigenvalue weighted by Gasteiger charge is -2.45. The maximum atomic E-state index is 14.0. The molecule has 1 aromatic carbocycles. The van der Waals surface area contributed by atoms with Crippen molar-refractivity contribution in [2.75, 3.05) is 19.0 Å². The SMILES string of the molecule is CCCN1C(=O)C(Br)(Br)C(OC)(C(F)(F)F)N=C1Nc1cc(C(F)(F)F)cc(C(F)(F)F)c1Br. The van der Waals surface area contributed by atoms with E-state index in [4.69, 9.17) is 0 Å². The summed E-state index contributed by atoms with van der Waals surface area (Å²) in [6.45, 7) is 1.24. The molecule has 1 aromatic rings. The minimum Gasteiger partial charge on any atom is -0.347 e. The number of methoxy groups -OCH3 is 1. The number of hydrogen-bond acceptors (Lipinski definition) is 4. The van der Waals surface area contributed by atoms with Gasteiger partial charge < -0.3 is 10.1 Å². The Bertz CT molecular complexity index is 993. The highest BCUT2D eigenvalue weighted by Crippen LogP contribution is 2.53. The first-order valence-electron chi connectivity index (χ1n) is 8.91. The highest BCUT2D eigenvalue weighted by molar-refractivity contribution is 9.26. The van der Waals surface area contributed by atoms with Gasteiger partial charge in [0, 0.05) is 13.7 Å². The third-order valence-corrected chi connectivity index (χ3v) is 7.14. The Morgan fingerprint density at radius 1 is 1.06 bits per heavy atom. The van der Waals surface area contributed by atoms with Crippen LogP contribution in [0.1, 0.15) is 24.5 Å². The van der Waals surface area contributed by atoms with Gasteiger partial charge in [0.2, 0.25) is 9.19 Å². The molecule has 0 aromatic heterocycles. The number of benzene rings is 1. The molecule has 17 heteroatoms. The second-order valence-corrected chi connectivity index (χ2v) is 11.1. The first-order chi connectivity index (χ1) is 15.2. The van der Waals surface area contributed by atoms with Gasteiger partial charge >= 0.3 is 18.5 Å². The van der Waals surface area contributed by atoms with Crippen molar-refractivity contribution in [3.63, 3.8) is 0 Å². The Labute approximate surface area is 211 Å². The minimum atomic E-state index is -5.36. The molecule has 5 nitrogen and oxygen atoms in total. The molecule has 0 bridgehead atoms. The van der Waals surface area contributed by atoms with E-state index in [0.717, 1.165) is 0 Å². The fraction of sp³-hybridized carbons (Fsp3) is 0.529. The van der Waals surface area contributed by atoms with Crippen LogP contribution in [0.15, 0.2) is 21.6 Å². The van der Waals surface area contributed by atoms with Crippen molar-refractivity contribution < 1.29 is 49.0 Å². The largest absolute Gasteiger partial charge is 0.441 e. The Kier molecular flexibility index (Phi) is 8.08. The van der Waals surface area contributed by atoms with Crippen LogP contribution in [0.2, 0.25) is 0 Å². The summed E-state index contributed by atoms with van der Waals surface area (Å²) in [4.78, 5) is 17.0. The molecule has 0 saturated heterocycles. The zero-order valence-electron chi connectivity index (χ0n) is 16.8. The minimum absolute atomic E-state index is 0.145. The number of alkyl halides is 11. The molecular formula is C17H13Br3F9N3O2. The summed E-state index contributed by atoms with van der Waals surface area (Å²) in [6.07, 6.45) is -15.7. The van der Waals surface area contributed by atoms with Gasteiger partial charge in [-0.3, -0.25) is 9.69 Å². The third-order valence-electron chi connectivity index (χ3n) is 4.54. The monoisotopic (exact) mass is 699 g/mol. The molecule has 0 fully saturated rings. The first kappa shape index (κ1) is 29.2. The summed E-state index contributed by atoms with van der Waals surface area (Å²) in [5.74, 6) is -2.29. The summed E-state index contributed by atoms with van der Waals surface area (Å²) in [5.41, 5.74) is -8.05. The summed E-state index contributed by atoms with van der Waals surface area (Å²) in [5, 5.41) is 2.02. The number of aliphatic imine (C=N–C) groups is 1. The van der Waals surface area contributed by atoms with Crippen molar-refractivity contribution in [3.05, 3.63) is 27.7 Å². The van der Waals surface area contributed by atoms with Crippen LogP contribution in [-0.2, 0) is 21.9 Å². The fourth-order valence-electron chi connectivity index (χ4n) is 2.95. The van der Waals surface area contributed by atoms with E-state index in [-0.39, 0.29) is 25.1 Å². The van der Waals surface area contributed by atoms with Crippen LogP contribution in [-0.4, -0.2) is 45.6 Å². The number of ether oxygens (including phenoxy) is 1. The number of guanidine groups is 1. The van der Waals surface area contributed by atoms with Crippen LogP contribution in [0.4, 0.5) is 45.2 Å². The quantitative estimate of drug-likeness (QED) is 0.275. The summed E-state index contributed by atoms with van der Waals surface area (Å²) in [7, 11) is 0.580. The van der Waals surface area contributed by atoms with Crippen molar-refractivity contribution in [3.8, 4) is 0 Å². The Morgan fingerprint density at radius 2 is 1.62 bits per heavy atom. The van der Waals surface area contributed by atoms with Crippen LogP contribution in [0.5, 0.6) is 0 Å². The van der Waals surface area contributed by atoms with E-state index >= 15 is 0 Å². The molecule has 0 radical (unpaired) electrons. The molecule has 2 rings (SSSR count). The number of nitrogens with one attached hydrogen (secondary N) is 1. The van der Waals surface area contributed by atoms with E-state index in [2.05, 4.69) is 57.5 Å². The van der Waals surface area contributed by atoms with E-state index < -0.39 is 60.6 Å². The Balaban J connectivity index is 2.83. The van der Waals surface area contributed by atoms with Gasteiger partial charge in [-0.1, -0.05) is 38.8 Å². The topological polar surface area (TPSA) is 53.9 Å². The third kappa shape index (κ3) is 5.07. The van der Waals surface area contributed by atoms with E-state index in [9.17, 15) is 44.3 Å². The van der Waals surface area contributed by atoms with E-state index in [1.165, 1.54) is 6.92 Å². The maximum absolute atomic E-state index is 14.0. The first-order valence-corrected chi connectivity index (χ1v) is 11.3. The summed E-state index contributed by atoms with van der Waals surface area (Å²) >= 11 is 7.81. The van der Waals surface area contributed by atoms with Gasteiger partial charge in [0.05, 0.1) is 21.3 Å². The van der Waals surface area contributed by atoms with Crippen LogP contribution in [0, 0.1) is 0 Å². The zero-order chi connectivity index (χ0) is 26.5. The summed E-state index contributed by atoms with van der Waals surface area (Å²) in [6, 6.07) is 0.0761. The molecule has 1 aliphatic rings. The average Bonchev–Trinajstić information content (AvgIpc) is 2.66. The van der Waals surface area contributed by atoms with E-state index in [1.807, 2.05) is 5.32 Å². The standard InChI is InChI=1S/C17H13Br3F9N3O2/c1-3-4-32-11(33)13(19,20)16(34-2,17(27,28)29)31-12(32)30-9-6-7(14(21,22)23)5-8(10(9)18)15(24,25)26/h5-6H,3-4H2,1-2H3,(H,30,31). The molecule has 0 saturated carbocycles. The second kappa shape index (κ2) is 9.42. The number of anilines is 1. The van der Waals surface area contributed by atoms with Gasteiger partial charge in [-0.2, -0.15) is 39.5 Å². The molecule has 192 valence electrons. The molecular weight excluding hydrogens is 689 g/mol. The van der Waals surface area contributed by atoms with Gasteiger partial charge in [-0.05, 0) is 34.5 Å². The van der Waals surface area contributed by atoms with E-state index in [0.29, 0.717) is 12.0 Å². The lowest BCUT2D eigenvalue weighted by Crippen LogP contribution is -2.68. The molecule has 34 heavy (non-hydrogen) atoms. The maximum Gasteiger partial charge on any atom is 0.441 e. The molecule has 1 heterocycles. The summed E-state index contributed by atoms with van der Waals surface area (Å²) < 4.78 is 123. The van der Waals surface area contributed by atoms with Crippen LogP contribution in [0.25, 0.3) is 0 Å². The highest BCUT2D eigenvalue weighted by atomic mass is 79.9. The number of hydrogen-bond donors (Lipinski definition) is 1. The van der Waals surface area contributed by atoms with Gasteiger partial charge in [-0.15, -0.1) is 0 Å². The normalized spacial score (nSPS) is 21.5. The lowest BCUT2D eigenvalue weighted by atomic mass is 10.1. The second-order valence-electron chi connectivity index (χ2n) is 6.82. The van der Waals surface area contributed by atoms with Crippen molar-refractivity contribution in [2.24, 2.45) is 4.99 Å². The predicted octanol–water partition coefficient (Wildman–Crippen LogP) is 6.90. The van der Waals surface area contributed by atoms with Gasteiger partial charge in [0.25, 0.3) is 11.6 Å². The zero-order valence-corrected chi connectivity index (χ0v) is 21.6. The van der Waals surface area contributed by atoms with Crippen LogP contribution in [0.3, 0.4) is 0 Å². The van der Waals surface area contributed by atoms with Crippen molar-refractivity contribution >= 4 is 65.3 Å². The number of carbonyl (C=O) groups excluding carboxylic acids is 1. The number of rotatable bonds is 4. The van der Waals surface area contributed by atoms with Crippen LogP contribution < -0.4 is 5.32 Å². The molecule has 0 aliphatic carbocycles. The van der Waals surface area contributed by atoms with Crippen LogP contribution >= 0.6 is 47.8 Å². The fourth-order valence-corrected chi connectivity index (χ4v) is 4.89. The number of carbonyl (C=O) groups is 1. The van der Waals surface area contributed by atoms with Gasteiger partial charge in [0.15, 0.2) is 0 Å². The number of halogens is 12. The number of amides is 1. The van der Waals surface area contributed by atoms with Gasteiger partial charge in [0.1, 0.15) is 0 Å². The number of nitrogens with zero attached hydrogens (tertiary/aromatic N) is 2.